The maximum atomic E-state index is 14.7. The first-order valence-electron chi connectivity index (χ1n) is 11.4. The van der Waals surface area contributed by atoms with Crippen LogP contribution in [0, 0.1) is 5.82 Å². The van der Waals surface area contributed by atoms with E-state index in [0.29, 0.717) is 39.7 Å². The topological polar surface area (TPSA) is 81.6 Å². The Morgan fingerprint density at radius 3 is 2.36 bits per heavy atom. The van der Waals surface area contributed by atoms with Gasteiger partial charge in [-0.1, -0.05) is 67.4 Å². The number of aliphatic imine (C=N–C) groups is 1. The molecule has 36 heavy (non-hydrogen) atoms. The van der Waals surface area contributed by atoms with Crippen molar-refractivity contribution >= 4 is 40.6 Å². The number of carbonyl (C=O) groups excluding carboxylic acids is 2. The van der Waals surface area contributed by atoms with Crippen molar-refractivity contribution in [1.82, 2.24) is 0 Å². The van der Waals surface area contributed by atoms with Crippen LogP contribution in [-0.4, -0.2) is 17.0 Å². The normalized spacial score (nSPS) is 17.5. The van der Waals surface area contributed by atoms with Crippen molar-refractivity contribution in [2.24, 2.45) is 4.99 Å². The van der Waals surface area contributed by atoms with Gasteiger partial charge in [0.25, 0.3) is 5.91 Å². The summed E-state index contributed by atoms with van der Waals surface area (Å²) in [5.41, 5.74) is 2.36. The fourth-order valence-corrected chi connectivity index (χ4v) is 5.51. The SMILES string of the molecule is O=C1N=C(Nc2ccc(C3(C(=O)[O-])CCCC3)cc2)SC1=Cc1ccc(-c2ccccc2)c(F)c1.[Na+]. The van der Waals surface area contributed by atoms with E-state index in [1.807, 2.05) is 30.3 Å². The predicted molar refractivity (Wildman–Crippen MR) is 135 cm³/mol. The summed E-state index contributed by atoms with van der Waals surface area (Å²) in [5, 5.41) is 15.3. The first-order chi connectivity index (χ1) is 16.9. The Kier molecular flexibility index (Phi) is 8.15. The second-order valence-electron chi connectivity index (χ2n) is 8.72. The molecule has 1 aliphatic heterocycles. The van der Waals surface area contributed by atoms with E-state index in [0.717, 1.165) is 24.0 Å². The molecule has 0 unspecified atom stereocenters. The van der Waals surface area contributed by atoms with Crippen LogP contribution in [0.3, 0.4) is 0 Å². The van der Waals surface area contributed by atoms with Gasteiger partial charge in [0.15, 0.2) is 5.17 Å². The monoisotopic (exact) mass is 508 g/mol. The molecule has 5 rings (SSSR count). The minimum absolute atomic E-state index is 0. The van der Waals surface area contributed by atoms with Crippen molar-refractivity contribution in [3.8, 4) is 11.1 Å². The fraction of sp³-hybridized carbons (Fsp3) is 0.179. The molecule has 0 spiro atoms. The number of nitrogens with one attached hydrogen (secondary N) is 1. The van der Waals surface area contributed by atoms with E-state index in [4.69, 9.17) is 0 Å². The average Bonchev–Trinajstić information content (AvgIpc) is 3.48. The van der Waals surface area contributed by atoms with E-state index >= 15 is 0 Å². The van der Waals surface area contributed by atoms with E-state index in [1.165, 1.54) is 17.8 Å². The molecule has 1 heterocycles. The van der Waals surface area contributed by atoms with Crippen molar-refractivity contribution in [3.05, 3.63) is 94.6 Å². The smallest absolute Gasteiger partial charge is 0.549 e. The maximum Gasteiger partial charge on any atom is 1.00 e. The van der Waals surface area contributed by atoms with E-state index in [9.17, 15) is 19.1 Å². The second kappa shape index (κ2) is 11.1. The molecule has 0 bridgehead atoms. The van der Waals surface area contributed by atoms with E-state index in [-0.39, 0.29) is 35.4 Å². The summed E-state index contributed by atoms with van der Waals surface area (Å²) in [6.07, 6.45) is 4.53. The summed E-state index contributed by atoms with van der Waals surface area (Å²) in [6.45, 7) is 0. The first kappa shape index (κ1) is 26.4. The summed E-state index contributed by atoms with van der Waals surface area (Å²) >= 11 is 1.17. The van der Waals surface area contributed by atoms with Crippen LogP contribution in [0.2, 0.25) is 0 Å². The van der Waals surface area contributed by atoms with Crippen molar-refractivity contribution < 1.29 is 48.6 Å². The fourth-order valence-electron chi connectivity index (χ4n) is 4.67. The average molecular weight is 509 g/mol. The summed E-state index contributed by atoms with van der Waals surface area (Å²) in [7, 11) is 0. The molecule has 0 saturated heterocycles. The molecular weight excluding hydrogens is 486 g/mol. The van der Waals surface area contributed by atoms with Crippen LogP contribution in [-0.2, 0) is 15.0 Å². The molecule has 0 aromatic heterocycles. The van der Waals surface area contributed by atoms with E-state index in [2.05, 4.69) is 10.3 Å². The summed E-state index contributed by atoms with van der Waals surface area (Å²) in [5.74, 6) is -1.79. The number of carbonyl (C=O) groups is 2. The Bertz CT molecular complexity index is 1350. The van der Waals surface area contributed by atoms with Crippen molar-refractivity contribution in [1.29, 1.82) is 0 Å². The van der Waals surface area contributed by atoms with Crippen molar-refractivity contribution in [3.63, 3.8) is 0 Å². The van der Waals surface area contributed by atoms with Crippen LogP contribution in [0.25, 0.3) is 17.2 Å². The standard InChI is InChI=1S/C28H23FN2O3S.Na/c29-23-16-18(8-13-22(23)19-6-2-1-3-7-19)17-24-25(32)31-27(35-24)30-21-11-9-20(10-12-21)28(26(33)34)14-4-5-15-28;/h1-3,6-13,16-17H,4-5,14-15H2,(H,33,34)(H,30,31,32);/q;+1/p-1. The Balaban J connectivity index is 0.00000304. The number of thioether (sulfide) groups is 1. The molecule has 1 fully saturated rings. The number of aliphatic carboxylic acids is 1. The molecule has 1 aliphatic carbocycles. The van der Waals surface area contributed by atoms with Crippen LogP contribution in [0.4, 0.5) is 10.1 Å². The van der Waals surface area contributed by atoms with Gasteiger partial charge in [0, 0.05) is 16.7 Å². The zero-order valence-electron chi connectivity index (χ0n) is 19.8. The number of amidine groups is 1. The Labute approximate surface area is 235 Å². The van der Waals surface area contributed by atoms with E-state index in [1.54, 1.807) is 42.5 Å². The van der Waals surface area contributed by atoms with Gasteiger partial charge in [-0.15, -0.1) is 0 Å². The Morgan fingerprint density at radius 2 is 1.72 bits per heavy atom. The second-order valence-corrected chi connectivity index (χ2v) is 9.75. The molecule has 5 nitrogen and oxygen atoms in total. The number of amides is 1. The predicted octanol–water partition coefficient (Wildman–Crippen LogP) is 2.14. The molecule has 1 saturated carbocycles. The summed E-state index contributed by atoms with van der Waals surface area (Å²) in [6, 6.07) is 21.3. The van der Waals surface area contributed by atoms with Crippen molar-refractivity contribution in [2.45, 2.75) is 31.1 Å². The molecule has 8 heteroatoms. The molecule has 1 N–H and O–H groups in total. The van der Waals surface area contributed by atoms with Gasteiger partial charge in [-0.25, -0.2) is 4.39 Å². The molecule has 0 radical (unpaired) electrons. The Hall–Kier alpha value is -2.71. The molecule has 1 amide bonds. The van der Waals surface area contributed by atoms with Crippen LogP contribution < -0.4 is 40.0 Å². The van der Waals surface area contributed by atoms with Gasteiger partial charge < -0.3 is 15.2 Å². The third kappa shape index (κ3) is 5.34. The third-order valence-corrected chi connectivity index (χ3v) is 7.43. The Morgan fingerprint density at radius 1 is 1.03 bits per heavy atom. The minimum atomic E-state index is -1.03. The van der Waals surface area contributed by atoms with Crippen molar-refractivity contribution in [2.75, 3.05) is 5.32 Å². The summed E-state index contributed by atoms with van der Waals surface area (Å²) < 4.78 is 14.7. The number of carboxylic acids is 1. The molecule has 3 aromatic carbocycles. The van der Waals surface area contributed by atoms with Crippen LogP contribution >= 0.6 is 11.8 Å². The van der Waals surface area contributed by atoms with Gasteiger partial charge in [0.1, 0.15) is 5.82 Å². The summed E-state index contributed by atoms with van der Waals surface area (Å²) in [4.78, 5) is 28.7. The van der Waals surface area contributed by atoms with Crippen LogP contribution in [0.15, 0.2) is 82.7 Å². The van der Waals surface area contributed by atoms with Gasteiger partial charge in [-0.2, -0.15) is 4.99 Å². The van der Waals surface area contributed by atoms with Gasteiger partial charge in [0.05, 0.1) is 10.9 Å². The number of rotatable bonds is 5. The number of hydrogen-bond donors (Lipinski definition) is 1. The van der Waals surface area contributed by atoms with Crippen LogP contribution in [0.1, 0.15) is 36.8 Å². The number of anilines is 1. The quantitative estimate of drug-likeness (QED) is 0.422. The minimum Gasteiger partial charge on any atom is -0.549 e. The number of halogens is 1. The van der Waals surface area contributed by atoms with Gasteiger partial charge in [-0.3, -0.25) is 4.79 Å². The van der Waals surface area contributed by atoms with Crippen LogP contribution in [0.5, 0.6) is 0 Å². The van der Waals surface area contributed by atoms with E-state index < -0.39 is 17.3 Å². The number of benzene rings is 3. The zero-order valence-corrected chi connectivity index (χ0v) is 22.6. The number of nitrogens with zero attached hydrogens (tertiary/aromatic N) is 1. The van der Waals surface area contributed by atoms with Gasteiger partial charge in [0.2, 0.25) is 0 Å². The van der Waals surface area contributed by atoms with Gasteiger partial charge in [-0.05, 0) is 65.6 Å². The first-order valence-corrected chi connectivity index (χ1v) is 12.2. The number of hydrogen-bond acceptors (Lipinski definition) is 5. The van der Waals surface area contributed by atoms with Gasteiger partial charge >= 0.3 is 29.6 Å². The molecule has 3 aromatic rings. The molecular formula is C28H22FN2NaO3S. The number of carboxylic acid groups (broad SMARTS) is 1. The largest absolute Gasteiger partial charge is 1.00 e. The maximum absolute atomic E-state index is 14.7. The zero-order chi connectivity index (χ0) is 24.4. The molecule has 176 valence electrons. The molecule has 2 aliphatic rings. The molecule has 0 atom stereocenters. The third-order valence-electron chi connectivity index (χ3n) is 6.53.